The van der Waals surface area contributed by atoms with Crippen LogP contribution in [-0.4, -0.2) is 12.3 Å². The third kappa shape index (κ3) is 4.88. The molecule has 6 heteroatoms. The summed E-state index contributed by atoms with van der Waals surface area (Å²) in [5.41, 5.74) is 1.08. The number of carbonyl (C=O) groups excluding carboxylic acids is 1. The van der Waals surface area contributed by atoms with Gasteiger partial charge >= 0.3 is 12.3 Å². The SMILES string of the molecule is C=Cc1ccc(OC(F)(F)F)cc1C(=O)OCc1ccccc1. The molecule has 0 aliphatic rings. The number of ether oxygens (including phenoxy) is 2. The molecule has 0 saturated carbocycles. The lowest BCUT2D eigenvalue weighted by molar-refractivity contribution is -0.274. The molecule has 23 heavy (non-hydrogen) atoms. The van der Waals surface area contributed by atoms with E-state index in [1.807, 2.05) is 6.07 Å². The number of hydrogen-bond donors (Lipinski definition) is 0. The Morgan fingerprint density at radius 1 is 1.13 bits per heavy atom. The van der Waals surface area contributed by atoms with Crippen molar-refractivity contribution < 1.29 is 27.4 Å². The zero-order valence-corrected chi connectivity index (χ0v) is 12.0. The van der Waals surface area contributed by atoms with Crippen molar-refractivity contribution in [2.24, 2.45) is 0 Å². The van der Waals surface area contributed by atoms with E-state index in [0.717, 1.165) is 17.7 Å². The van der Waals surface area contributed by atoms with E-state index in [-0.39, 0.29) is 12.2 Å². The van der Waals surface area contributed by atoms with Crippen molar-refractivity contribution in [2.75, 3.05) is 0 Å². The van der Waals surface area contributed by atoms with E-state index in [4.69, 9.17) is 4.74 Å². The van der Waals surface area contributed by atoms with Crippen molar-refractivity contribution in [1.29, 1.82) is 0 Å². The molecule has 0 aliphatic heterocycles. The van der Waals surface area contributed by atoms with E-state index in [0.29, 0.717) is 5.56 Å². The predicted molar refractivity (Wildman–Crippen MR) is 78.8 cm³/mol. The molecule has 0 N–H and O–H groups in total. The summed E-state index contributed by atoms with van der Waals surface area (Å²) in [6, 6.07) is 12.3. The van der Waals surface area contributed by atoms with Gasteiger partial charge in [-0.15, -0.1) is 13.2 Å². The number of alkyl halides is 3. The number of benzene rings is 2. The molecular formula is C17H13F3O3. The molecule has 0 heterocycles. The summed E-state index contributed by atoms with van der Waals surface area (Å²) in [5, 5.41) is 0. The Morgan fingerprint density at radius 3 is 2.43 bits per heavy atom. The summed E-state index contributed by atoms with van der Waals surface area (Å²) in [6.07, 6.45) is -3.47. The zero-order valence-electron chi connectivity index (χ0n) is 12.0. The van der Waals surface area contributed by atoms with E-state index in [2.05, 4.69) is 11.3 Å². The van der Waals surface area contributed by atoms with Crippen molar-refractivity contribution >= 4 is 12.0 Å². The molecular weight excluding hydrogens is 309 g/mol. The highest BCUT2D eigenvalue weighted by Crippen LogP contribution is 2.26. The maximum Gasteiger partial charge on any atom is 0.573 e. The molecule has 0 unspecified atom stereocenters. The maximum atomic E-state index is 12.3. The summed E-state index contributed by atoms with van der Waals surface area (Å²) >= 11 is 0. The Morgan fingerprint density at radius 2 is 1.83 bits per heavy atom. The fraction of sp³-hybridized carbons (Fsp3) is 0.118. The molecule has 0 aromatic heterocycles. The number of carbonyl (C=O) groups is 1. The quantitative estimate of drug-likeness (QED) is 0.756. The van der Waals surface area contributed by atoms with Crippen molar-refractivity contribution in [3.8, 4) is 5.75 Å². The Labute approximate surface area is 131 Å². The first kappa shape index (κ1) is 16.6. The number of hydrogen-bond acceptors (Lipinski definition) is 3. The van der Waals surface area contributed by atoms with Crippen LogP contribution in [-0.2, 0) is 11.3 Å². The second-order valence-electron chi connectivity index (χ2n) is 4.56. The second kappa shape index (κ2) is 7.00. The van der Waals surface area contributed by atoms with Crippen molar-refractivity contribution in [1.82, 2.24) is 0 Å². The molecule has 2 aromatic rings. The van der Waals surface area contributed by atoms with Gasteiger partial charge in [-0.25, -0.2) is 4.79 Å². The lowest BCUT2D eigenvalue weighted by Crippen LogP contribution is -2.17. The molecule has 0 fully saturated rings. The number of halogens is 3. The zero-order chi connectivity index (χ0) is 16.9. The van der Waals surface area contributed by atoms with Crippen LogP contribution in [0, 0.1) is 0 Å². The molecule has 2 aromatic carbocycles. The van der Waals surface area contributed by atoms with E-state index >= 15 is 0 Å². The Bertz CT molecular complexity index is 694. The first-order valence-corrected chi connectivity index (χ1v) is 6.62. The highest BCUT2D eigenvalue weighted by Gasteiger charge is 2.31. The third-order valence-electron chi connectivity index (χ3n) is 2.91. The van der Waals surface area contributed by atoms with Crippen molar-refractivity contribution in [3.63, 3.8) is 0 Å². The van der Waals surface area contributed by atoms with Gasteiger partial charge in [-0.1, -0.05) is 49.1 Å². The van der Waals surface area contributed by atoms with Gasteiger partial charge in [0.1, 0.15) is 12.4 Å². The molecule has 0 spiro atoms. The smallest absolute Gasteiger partial charge is 0.457 e. The van der Waals surface area contributed by atoms with Crippen molar-refractivity contribution in [3.05, 3.63) is 71.8 Å². The summed E-state index contributed by atoms with van der Waals surface area (Å²) in [4.78, 5) is 12.1. The minimum Gasteiger partial charge on any atom is -0.457 e. The van der Waals surface area contributed by atoms with Crippen LogP contribution in [0.25, 0.3) is 6.08 Å². The summed E-state index contributed by atoms with van der Waals surface area (Å²) in [6.45, 7) is 3.54. The predicted octanol–water partition coefficient (Wildman–Crippen LogP) is 4.59. The summed E-state index contributed by atoms with van der Waals surface area (Å²) < 4.78 is 45.7. The molecule has 0 amide bonds. The number of rotatable bonds is 5. The van der Waals surface area contributed by atoms with E-state index < -0.39 is 18.1 Å². The second-order valence-corrected chi connectivity index (χ2v) is 4.56. The van der Waals surface area contributed by atoms with Crippen LogP contribution in [0.1, 0.15) is 21.5 Å². The average molecular weight is 322 g/mol. The van der Waals surface area contributed by atoms with Gasteiger partial charge in [-0.3, -0.25) is 0 Å². The molecule has 3 nitrogen and oxygen atoms in total. The van der Waals surface area contributed by atoms with Crippen molar-refractivity contribution in [2.45, 2.75) is 13.0 Å². The largest absolute Gasteiger partial charge is 0.573 e. The minimum atomic E-state index is -4.83. The van der Waals surface area contributed by atoms with Gasteiger partial charge in [0.2, 0.25) is 0 Å². The van der Waals surface area contributed by atoms with Crippen LogP contribution in [0.15, 0.2) is 55.1 Å². The van der Waals surface area contributed by atoms with Gasteiger partial charge in [0.25, 0.3) is 0 Å². The normalized spacial score (nSPS) is 10.9. The third-order valence-corrected chi connectivity index (χ3v) is 2.91. The first-order chi connectivity index (χ1) is 10.9. The fourth-order valence-corrected chi connectivity index (χ4v) is 1.89. The van der Waals surface area contributed by atoms with Gasteiger partial charge in [-0.05, 0) is 23.3 Å². The lowest BCUT2D eigenvalue weighted by Gasteiger charge is -2.12. The minimum absolute atomic E-state index is 0.0145. The van der Waals surface area contributed by atoms with Gasteiger partial charge in [-0.2, -0.15) is 0 Å². The monoisotopic (exact) mass is 322 g/mol. The lowest BCUT2D eigenvalue weighted by atomic mass is 10.1. The molecule has 0 bridgehead atoms. The Balaban J connectivity index is 2.17. The molecule has 0 radical (unpaired) electrons. The molecule has 120 valence electrons. The highest BCUT2D eigenvalue weighted by molar-refractivity contribution is 5.94. The van der Waals surface area contributed by atoms with Gasteiger partial charge in [0.15, 0.2) is 0 Å². The first-order valence-electron chi connectivity index (χ1n) is 6.62. The molecule has 0 aliphatic carbocycles. The average Bonchev–Trinajstić information content (AvgIpc) is 2.52. The van der Waals surface area contributed by atoms with Crippen LogP contribution >= 0.6 is 0 Å². The molecule has 2 rings (SSSR count). The van der Waals surface area contributed by atoms with Gasteiger partial charge in [0.05, 0.1) is 5.56 Å². The van der Waals surface area contributed by atoms with Gasteiger partial charge < -0.3 is 9.47 Å². The maximum absolute atomic E-state index is 12.3. The highest BCUT2D eigenvalue weighted by atomic mass is 19.4. The Kier molecular flexibility index (Phi) is 5.05. The van der Waals surface area contributed by atoms with Crippen LogP contribution < -0.4 is 4.74 Å². The topological polar surface area (TPSA) is 35.5 Å². The van der Waals surface area contributed by atoms with Crippen LogP contribution in [0.3, 0.4) is 0 Å². The fourth-order valence-electron chi connectivity index (χ4n) is 1.89. The van der Waals surface area contributed by atoms with Crippen LogP contribution in [0.4, 0.5) is 13.2 Å². The molecule has 0 atom stereocenters. The Hall–Kier alpha value is -2.76. The van der Waals surface area contributed by atoms with Crippen LogP contribution in [0.2, 0.25) is 0 Å². The molecule has 0 saturated heterocycles. The number of esters is 1. The van der Waals surface area contributed by atoms with Gasteiger partial charge in [0, 0.05) is 0 Å². The van der Waals surface area contributed by atoms with E-state index in [1.165, 1.54) is 12.1 Å². The summed E-state index contributed by atoms with van der Waals surface area (Å²) in [7, 11) is 0. The standard InChI is InChI=1S/C17H13F3O3/c1-2-13-8-9-14(23-17(18,19)20)10-15(13)16(21)22-11-12-6-4-3-5-7-12/h2-10H,1,11H2. The summed E-state index contributed by atoms with van der Waals surface area (Å²) in [5.74, 6) is -1.24. The van der Waals surface area contributed by atoms with E-state index in [1.54, 1.807) is 24.3 Å². The van der Waals surface area contributed by atoms with E-state index in [9.17, 15) is 18.0 Å². The van der Waals surface area contributed by atoms with Crippen LogP contribution in [0.5, 0.6) is 5.75 Å².